The zero-order chi connectivity index (χ0) is 7.71. The summed E-state index contributed by atoms with van der Waals surface area (Å²) < 4.78 is 0. The fraction of sp³-hybridized carbons (Fsp3) is 1.00. The van der Waals surface area contributed by atoms with Crippen LogP contribution in [0.1, 0.15) is 41.5 Å². The molecule has 0 saturated carbocycles. The van der Waals surface area contributed by atoms with E-state index in [0.717, 1.165) is 0 Å². The standard InChI is InChI=1S/C8H19N/c1-7(2,3)9-8(4,5)6/h9H,1-6H3/p+1. The molecule has 0 spiro atoms. The molecule has 9 heavy (non-hydrogen) atoms. The monoisotopic (exact) mass is 130 g/mol. The summed E-state index contributed by atoms with van der Waals surface area (Å²) in [6.07, 6.45) is 0. The summed E-state index contributed by atoms with van der Waals surface area (Å²) in [5, 5.41) is 2.38. The molecule has 0 aliphatic rings. The first-order valence-corrected chi connectivity index (χ1v) is 3.58. The highest BCUT2D eigenvalue weighted by atomic mass is 15.0. The molecule has 0 radical (unpaired) electrons. The summed E-state index contributed by atoms with van der Waals surface area (Å²) >= 11 is 0. The van der Waals surface area contributed by atoms with E-state index in [0.29, 0.717) is 11.1 Å². The van der Waals surface area contributed by atoms with Crippen molar-refractivity contribution in [2.24, 2.45) is 0 Å². The van der Waals surface area contributed by atoms with Gasteiger partial charge < -0.3 is 5.32 Å². The molecule has 0 aromatic rings. The van der Waals surface area contributed by atoms with Gasteiger partial charge in [0, 0.05) is 0 Å². The Hall–Kier alpha value is -0.0400. The topological polar surface area (TPSA) is 16.6 Å². The van der Waals surface area contributed by atoms with Gasteiger partial charge in [0.15, 0.2) is 0 Å². The Labute approximate surface area is 58.8 Å². The van der Waals surface area contributed by atoms with Gasteiger partial charge in [-0.25, -0.2) is 0 Å². The molecule has 0 fully saturated rings. The summed E-state index contributed by atoms with van der Waals surface area (Å²) in [5.41, 5.74) is 0.719. The maximum Gasteiger partial charge on any atom is 0.0879 e. The molecule has 0 aliphatic heterocycles. The van der Waals surface area contributed by atoms with Crippen LogP contribution in [0.5, 0.6) is 0 Å². The van der Waals surface area contributed by atoms with Crippen LogP contribution in [-0.2, 0) is 0 Å². The van der Waals surface area contributed by atoms with Gasteiger partial charge in [-0.15, -0.1) is 0 Å². The molecular weight excluding hydrogens is 110 g/mol. The van der Waals surface area contributed by atoms with Crippen molar-refractivity contribution < 1.29 is 5.32 Å². The summed E-state index contributed by atoms with van der Waals surface area (Å²) in [6, 6.07) is 0. The quantitative estimate of drug-likeness (QED) is 0.506. The Bertz CT molecular complexity index is 69.7. The molecule has 0 amide bonds. The molecule has 56 valence electrons. The van der Waals surface area contributed by atoms with E-state index in [1.165, 1.54) is 0 Å². The van der Waals surface area contributed by atoms with E-state index in [4.69, 9.17) is 0 Å². The molecule has 0 heterocycles. The minimum absolute atomic E-state index is 0.359. The molecule has 0 aliphatic carbocycles. The average Bonchev–Trinajstić information content (AvgIpc) is 1.14. The third-order valence-electron chi connectivity index (χ3n) is 0.866. The van der Waals surface area contributed by atoms with Gasteiger partial charge in [-0.1, -0.05) is 0 Å². The molecule has 2 N–H and O–H groups in total. The van der Waals surface area contributed by atoms with Crippen LogP contribution < -0.4 is 5.32 Å². The largest absolute Gasteiger partial charge is 0.338 e. The second-order valence-corrected chi connectivity index (χ2v) is 4.88. The Morgan fingerprint density at radius 2 is 0.889 bits per heavy atom. The normalized spacial score (nSPS) is 14.0. The van der Waals surface area contributed by atoms with E-state index < -0.39 is 0 Å². The molecule has 0 aromatic heterocycles. The number of hydrogen-bond donors (Lipinski definition) is 1. The predicted octanol–water partition coefficient (Wildman–Crippen LogP) is 1.15. The highest BCUT2D eigenvalue weighted by molar-refractivity contribution is 4.60. The van der Waals surface area contributed by atoms with Crippen LogP contribution >= 0.6 is 0 Å². The van der Waals surface area contributed by atoms with Gasteiger partial charge in [0.05, 0.1) is 11.1 Å². The van der Waals surface area contributed by atoms with Crippen molar-refractivity contribution in [3.05, 3.63) is 0 Å². The summed E-state index contributed by atoms with van der Waals surface area (Å²) in [5.74, 6) is 0. The zero-order valence-electron chi connectivity index (χ0n) is 7.58. The lowest BCUT2D eigenvalue weighted by Crippen LogP contribution is -3.02. The molecule has 0 atom stereocenters. The lowest BCUT2D eigenvalue weighted by Gasteiger charge is -2.27. The van der Waals surface area contributed by atoms with Crippen molar-refractivity contribution >= 4 is 0 Å². The fourth-order valence-electron chi connectivity index (χ4n) is 1.30. The van der Waals surface area contributed by atoms with E-state index in [1.807, 2.05) is 0 Å². The number of quaternary nitrogens is 1. The minimum Gasteiger partial charge on any atom is -0.338 e. The maximum absolute atomic E-state index is 2.38. The molecule has 1 heteroatoms. The Balaban J connectivity index is 3.75. The highest BCUT2D eigenvalue weighted by Crippen LogP contribution is 1.96. The van der Waals surface area contributed by atoms with Crippen molar-refractivity contribution in [2.45, 2.75) is 52.6 Å². The average molecular weight is 130 g/mol. The van der Waals surface area contributed by atoms with Crippen molar-refractivity contribution in [1.82, 2.24) is 0 Å². The first-order chi connectivity index (χ1) is 3.71. The highest BCUT2D eigenvalue weighted by Gasteiger charge is 2.22. The van der Waals surface area contributed by atoms with Crippen molar-refractivity contribution in [3.63, 3.8) is 0 Å². The van der Waals surface area contributed by atoms with Crippen LogP contribution in [0.15, 0.2) is 0 Å². The van der Waals surface area contributed by atoms with Gasteiger partial charge in [0.2, 0.25) is 0 Å². The summed E-state index contributed by atoms with van der Waals surface area (Å²) in [6.45, 7) is 13.4. The number of hydrogen-bond acceptors (Lipinski definition) is 0. The Morgan fingerprint density at radius 3 is 0.889 bits per heavy atom. The molecule has 0 aromatic carbocycles. The van der Waals surface area contributed by atoms with Crippen LogP contribution in [0, 0.1) is 0 Å². The van der Waals surface area contributed by atoms with E-state index in [2.05, 4.69) is 46.9 Å². The second kappa shape index (κ2) is 2.30. The zero-order valence-corrected chi connectivity index (χ0v) is 7.58. The third-order valence-corrected chi connectivity index (χ3v) is 0.866. The van der Waals surface area contributed by atoms with Gasteiger partial charge in [-0.05, 0) is 41.5 Å². The molecule has 0 bridgehead atoms. The first kappa shape index (κ1) is 8.96. The third kappa shape index (κ3) is 7.96. The van der Waals surface area contributed by atoms with E-state index >= 15 is 0 Å². The lowest BCUT2D eigenvalue weighted by atomic mass is 10.0. The first-order valence-electron chi connectivity index (χ1n) is 3.58. The smallest absolute Gasteiger partial charge is 0.0879 e. The van der Waals surface area contributed by atoms with Crippen molar-refractivity contribution in [2.75, 3.05) is 0 Å². The van der Waals surface area contributed by atoms with E-state index in [-0.39, 0.29) is 0 Å². The van der Waals surface area contributed by atoms with Gasteiger partial charge in [0.25, 0.3) is 0 Å². The molecule has 0 rings (SSSR count). The van der Waals surface area contributed by atoms with Crippen LogP contribution in [0.25, 0.3) is 0 Å². The Kier molecular flexibility index (Phi) is 2.29. The summed E-state index contributed by atoms with van der Waals surface area (Å²) in [7, 11) is 0. The molecule has 0 unspecified atom stereocenters. The number of rotatable bonds is 0. The maximum atomic E-state index is 2.38. The van der Waals surface area contributed by atoms with Crippen molar-refractivity contribution in [3.8, 4) is 0 Å². The fourth-order valence-corrected chi connectivity index (χ4v) is 1.30. The van der Waals surface area contributed by atoms with Gasteiger partial charge in [-0.3, -0.25) is 0 Å². The van der Waals surface area contributed by atoms with Gasteiger partial charge in [0.1, 0.15) is 0 Å². The molecular formula is C8H20N+. The van der Waals surface area contributed by atoms with Gasteiger partial charge >= 0.3 is 0 Å². The molecule has 1 nitrogen and oxygen atoms in total. The predicted molar refractivity (Wildman–Crippen MR) is 41.4 cm³/mol. The Morgan fingerprint density at radius 1 is 0.667 bits per heavy atom. The molecule has 0 saturated heterocycles. The van der Waals surface area contributed by atoms with E-state index in [9.17, 15) is 0 Å². The van der Waals surface area contributed by atoms with Crippen LogP contribution in [0.2, 0.25) is 0 Å². The van der Waals surface area contributed by atoms with Crippen LogP contribution in [0.3, 0.4) is 0 Å². The van der Waals surface area contributed by atoms with Crippen LogP contribution in [-0.4, -0.2) is 11.1 Å². The van der Waals surface area contributed by atoms with E-state index in [1.54, 1.807) is 0 Å². The minimum atomic E-state index is 0.359. The SMILES string of the molecule is CC(C)(C)[NH2+]C(C)(C)C. The lowest BCUT2D eigenvalue weighted by molar-refractivity contribution is -0.772. The summed E-state index contributed by atoms with van der Waals surface area (Å²) in [4.78, 5) is 0. The van der Waals surface area contributed by atoms with Crippen molar-refractivity contribution in [1.29, 1.82) is 0 Å². The number of nitrogens with two attached hydrogens (primary N) is 1. The van der Waals surface area contributed by atoms with Crippen LogP contribution in [0.4, 0.5) is 0 Å². The second-order valence-electron chi connectivity index (χ2n) is 4.88. The van der Waals surface area contributed by atoms with Gasteiger partial charge in [-0.2, -0.15) is 0 Å².